The van der Waals surface area contributed by atoms with Gasteiger partial charge >= 0.3 is 0 Å². The summed E-state index contributed by atoms with van der Waals surface area (Å²) in [4.78, 5) is 11.0. The zero-order chi connectivity index (χ0) is 6.97. The lowest BCUT2D eigenvalue weighted by Crippen LogP contribution is -2.19. The molecule has 1 aromatic heterocycles. The zero-order valence-corrected chi connectivity index (χ0v) is 5.58. The lowest BCUT2D eigenvalue weighted by Gasteiger charge is -2.10. The first-order valence-corrected chi connectivity index (χ1v) is 3.44. The lowest BCUT2D eigenvalue weighted by molar-refractivity contribution is 0.0866. The van der Waals surface area contributed by atoms with Gasteiger partial charge in [-0.2, -0.15) is 5.10 Å². The van der Waals surface area contributed by atoms with Gasteiger partial charge in [0, 0.05) is 18.3 Å². The van der Waals surface area contributed by atoms with Gasteiger partial charge in [0.2, 0.25) is 5.91 Å². The third kappa shape index (κ3) is 0.667. The molecule has 0 amide bonds. The molecule has 0 aliphatic carbocycles. The molecule has 0 fully saturated rings. The molecule has 2 heterocycles. The molecule has 0 unspecified atom stereocenters. The fraction of sp³-hybridized carbons (Fsp3) is 0.429. The molecule has 0 spiro atoms. The van der Waals surface area contributed by atoms with Gasteiger partial charge in [-0.3, -0.25) is 4.79 Å². The largest absolute Gasteiger partial charge is 0.273 e. The maximum Gasteiger partial charge on any atom is 0.247 e. The second kappa shape index (κ2) is 1.94. The van der Waals surface area contributed by atoms with Gasteiger partial charge in [-0.15, -0.1) is 0 Å². The molecule has 0 radical (unpaired) electrons. The van der Waals surface area contributed by atoms with Crippen LogP contribution in [0.25, 0.3) is 0 Å². The number of hydrogen-bond acceptors (Lipinski definition) is 2. The van der Waals surface area contributed by atoms with Crippen molar-refractivity contribution in [1.29, 1.82) is 0 Å². The highest BCUT2D eigenvalue weighted by molar-refractivity contribution is 5.79. The molecule has 1 aliphatic rings. The van der Waals surface area contributed by atoms with Crippen molar-refractivity contribution >= 4 is 5.91 Å². The highest BCUT2D eigenvalue weighted by Crippen LogP contribution is 2.11. The summed E-state index contributed by atoms with van der Waals surface area (Å²) >= 11 is 0. The quantitative estimate of drug-likeness (QED) is 0.530. The average molecular weight is 136 g/mol. The summed E-state index contributed by atoms with van der Waals surface area (Å²) in [5.74, 6) is 0.131. The molecule has 52 valence electrons. The van der Waals surface area contributed by atoms with Crippen molar-refractivity contribution in [3.05, 3.63) is 18.0 Å². The van der Waals surface area contributed by atoms with Crippen LogP contribution < -0.4 is 0 Å². The Labute approximate surface area is 58.7 Å². The molecule has 3 nitrogen and oxygen atoms in total. The molecular weight excluding hydrogens is 128 g/mol. The molecule has 0 aromatic carbocycles. The summed E-state index contributed by atoms with van der Waals surface area (Å²) in [7, 11) is 0. The van der Waals surface area contributed by atoms with Gasteiger partial charge in [0.1, 0.15) is 0 Å². The van der Waals surface area contributed by atoms with Gasteiger partial charge in [0.15, 0.2) is 0 Å². The third-order valence-corrected chi connectivity index (χ3v) is 1.78. The van der Waals surface area contributed by atoms with E-state index in [0.29, 0.717) is 6.42 Å². The molecule has 0 N–H and O–H groups in total. The summed E-state index contributed by atoms with van der Waals surface area (Å²) < 4.78 is 1.50. The highest BCUT2D eigenvalue weighted by atomic mass is 16.2. The summed E-state index contributed by atoms with van der Waals surface area (Å²) in [6, 6.07) is 1.90. The smallest absolute Gasteiger partial charge is 0.247 e. The number of aromatic nitrogens is 2. The maximum atomic E-state index is 11.0. The van der Waals surface area contributed by atoms with Crippen molar-refractivity contribution in [1.82, 2.24) is 9.78 Å². The van der Waals surface area contributed by atoms with Gasteiger partial charge in [0.25, 0.3) is 0 Å². The molecule has 0 atom stereocenters. The molecule has 0 saturated heterocycles. The number of aryl methyl sites for hydroxylation is 1. The first kappa shape index (κ1) is 5.65. The van der Waals surface area contributed by atoms with E-state index < -0.39 is 0 Å². The van der Waals surface area contributed by atoms with Crippen LogP contribution in [0.4, 0.5) is 0 Å². The summed E-state index contributed by atoms with van der Waals surface area (Å²) in [6.45, 7) is 0. The molecule has 2 rings (SSSR count). The lowest BCUT2D eigenvalue weighted by atomic mass is 10.1. The van der Waals surface area contributed by atoms with E-state index in [-0.39, 0.29) is 5.91 Å². The van der Waals surface area contributed by atoms with Gasteiger partial charge in [-0.25, -0.2) is 4.68 Å². The number of carbonyl (C=O) groups is 1. The first-order chi connectivity index (χ1) is 4.88. The van der Waals surface area contributed by atoms with E-state index in [1.54, 1.807) is 6.20 Å². The normalized spacial score (nSPS) is 17.0. The minimum atomic E-state index is 0.131. The Balaban J connectivity index is 2.50. The number of rotatable bonds is 0. The van der Waals surface area contributed by atoms with Gasteiger partial charge < -0.3 is 0 Å². The Morgan fingerprint density at radius 1 is 1.50 bits per heavy atom. The van der Waals surface area contributed by atoms with Crippen LogP contribution in [0.5, 0.6) is 0 Å². The minimum absolute atomic E-state index is 0.131. The second-order valence-electron chi connectivity index (χ2n) is 2.48. The average Bonchev–Trinajstić information content (AvgIpc) is 2.36. The van der Waals surface area contributed by atoms with Gasteiger partial charge in [-0.05, 0) is 18.9 Å². The Hall–Kier alpha value is -1.12. The van der Waals surface area contributed by atoms with Crippen LogP contribution in [-0.2, 0) is 6.42 Å². The number of hydrogen-bond donors (Lipinski definition) is 0. The van der Waals surface area contributed by atoms with Crippen LogP contribution in [0.1, 0.15) is 23.3 Å². The SMILES string of the molecule is O=C1CCCc2ccnn21. The van der Waals surface area contributed by atoms with Crippen molar-refractivity contribution in [2.45, 2.75) is 19.3 Å². The van der Waals surface area contributed by atoms with Crippen molar-refractivity contribution < 1.29 is 4.79 Å². The molecule has 0 bridgehead atoms. The topological polar surface area (TPSA) is 34.9 Å². The van der Waals surface area contributed by atoms with E-state index in [1.807, 2.05) is 6.07 Å². The molecular formula is C7H8N2O. The first-order valence-electron chi connectivity index (χ1n) is 3.44. The Morgan fingerprint density at radius 2 is 2.40 bits per heavy atom. The second-order valence-corrected chi connectivity index (χ2v) is 2.48. The van der Waals surface area contributed by atoms with E-state index in [2.05, 4.69) is 5.10 Å². The highest BCUT2D eigenvalue weighted by Gasteiger charge is 2.15. The van der Waals surface area contributed by atoms with Crippen LogP contribution in [0.2, 0.25) is 0 Å². The van der Waals surface area contributed by atoms with Crippen LogP contribution in [-0.4, -0.2) is 15.7 Å². The summed E-state index contributed by atoms with van der Waals surface area (Å²) in [5.41, 5.74) is 1.05. The van der Waals surface area contributed by atoms with E-state index in [0.717, 1.165) is 18.5 Å². The minimum Gasteiger partial charge on any atom is -0.273 e. The number of nitrogens with zero attached hydrogens (tertiary/aromatic N) is 2. The maximum absolute atomic E-state index is 11.0. The number of carbonyl (C=O) groups excluding carboxylic acids is 1. The standard InChI is InChI=1S/C7H8N2O/c10-7-3-1-2-6-4-5-8-9(6)7/h4-5H,1-3H2. The molecule has 0 saturated carbocycles. The monoisotopic (exact) mass is 136 g/mol. The Kier molecular flexibility index (Phi) is 1.09. The Bertz CT molecular complexity index is 264. The summed E-state index contributed by atoms with van der Waals surface area (Å²) in [6.07, 6.45) is 4.30. The van der Waals surface area contributed by atoms with E-state index in [4.69, 9.17) is 0 Å². The van der Waals surface area contributed by atoms with Crippen LogP contribution >= 0.6 is 0 Å². The fourth-order valence-corrected chi connectivity index (χ4v) is 1.27. The predicted octanol–water partition coefficient (Wildman–Crippen LogP) is 0.860. The number of fused-ring (bicyclic) bond motifs is 1. The third-order valence-electron chi connectivity index (χ3n) is 1.78. The van der Waals surface area contributed by atoms with Crippen molar-refractivity contribution in [3.8, 4) is 0 Å². The van der Waals surface area contributed by atoms with Crippen molar-refractivity contribution in [2.75, 3.05) is 0 Å². The van der Waals surface area contributed by atoms with Crippen LogP contribution in [0.15, 0.2) is 12.3 Å². The zero-order valence-electron chi connectivity index (χ0n) is 5.58. The molecule has 1 aromatic rings. The van der Waals surface area contributed by atoms with E-state index in [9.17, 15) is 4.79 Å². The van der Waals surface area contributed by atoms with E-state index in [1.165, 1.54) is 4.68 Å². The Morgan fingerprint density at radius 3 is 3.20 bits per heavy atom. The van der Waals surface area contributed by atoms with Crippen LogP contribution in [0, 0.1) is 0 Å². The van der Waals surface area contributed by atoms with Crippen LogP contribution in [0.3, 0.4) is 0 Å². The predicted molar refractivity (Wildman–Crippen MR) is 35.8 cm³/mol. The van der Waals surface area contributed by atoms with Crippen molar-refractivity contribution in [2.24, 2.45) is 0 Å². The molecule has 3 heteroatoms. The van der Waals surface area contributed by atoms with Gasteiger partial charge in [-0.1, -0.05) is 0 Å². The molecule has 1 aliphatic heterocycles. The van der Waals surface area contributed by atoms with Crippen molar-refractivity contribution in [3.63, 3.8) is 0 Å². The van der Waals surface area contributed by atoms with E-state index >= 15 is 0 Å². The molecule has 10 heavy (non-hydrogen) atoms. The summed E-state index contributed by atoms with van der Waals surface area (Å²) in [5, 5.41) is 3.90. The fourth-order valence-electron chi connectivity index (χ4n) is 1.27. The van der Waals surface area contributed by atoms with Gasteiger partial charge in [0.05, 0.1) is 0 Å².